The van der Waals surface area contributed by atoms with Crippen LogP contribution in [0.3, 0.4) is 0 Å². The van der Waals surface area contributed by atoms with Crippen LogP contribution in [0.15, 0.2) is 30.9 Å². The van der Waals surface area contributed by atoms with E-state index in [0.717, 1.165) is 29.4 Å². The lowest BCUT2D eigenvalue weighted by Crippen LogP contribution is -2.46. The van der Waals surface area contributed by atoms with E-state index in [2.05, 4.69) is 30.6 Å². The number of nitrogens with one attached hydrogen (secondary N) is 3. The fourth-order valence-corrected chi connectivity index (χ4v) is 3.08. The van der Waals surface area contributed by atoms with Crippen LogP contribution in [-0.4, -0.2) is 37.9 Å². The molecule has 1 atom stereocenters. The van der Waals surface area contributed by atoms with Crippen molar-refractivity contribution in [1.82, 2.24) is 25.3 Å². The number of pyridine rings is 1. The first kappa shape index (κ1) is 16.8. The zero-order valence-corrected chi connectivity index (χ0v) is 15.0. The first-order chi connectivity index (χ1) is 12.6. The molecule has 0 spiro atoms. The second-order valence-electron chi connectivity index (χ2n) is 6.54. The van der Waals surface area contributed by atoms with Crippen molar-refractivity contribution in [2.75, 3.05) is 5.32 Å². The molecule has 4 rings (SSSR count). The maximum absolute atomic E-state index is 12.2. The number of aromatic amines is 1. The summed E-state index contributed by atoms with van der Waals surface area (Å²) in [5.74, 6) is 0.521. The Balaban J connectivity index is 1.54. The molecule has 0 bridgehead atoms. The van der Waals surface area contributed by atoms with Gasteiger partial charge in [0, 0.05) is 29.4 Å². The Morgan fingerprint density at radius 2 is 2.19 bits per heavy atom. The topological polar surface area (TPSA) is 95.6 Å². The zero-order chi connectivity index (χ0) is 18.1. The van der Waals surface area contributed by atoms with Crippen molar-refractivity contribution >= 4 is 34.4 Å². The molecule has 0 aromatic carbocycles. The highest BCUT2D eigenvalue weighted by molar-refractivity contribution is 6.31. The number of fused-ring (bicyclic) bond motifs is 1. The van der Waals surface area contributed by atoms with Gasteiger partial charge in [-0.1, -0.05) is 11.6 Å². The van der Waals surface area contributed by atoms with Gasteiger partial charge in [-0.15, -0.1) is 0 Å². The van der Waals surface area contributed by atoms with Gasteiger partial charge in [0.2, 0.25) is 5.91 Å². The van der Waals surface area contributed by atoms with Crippen LogP contribution in [0.4, 0.5) is 5.82 Å². The summed E-state index contributed by atoms with van der Waals surface area (Å²) in [5.41, 5.74) is 2.27. The van der Waals surface area contributed by atoms with Crippen LogP contribution in [-0.2, 0) is 4.79 Å². The van der Waals surface area contributed by atoms with Gasteiger partial charge >= 0.3 is 0 Å². The van der Waals surface area contributed by atoms with Crippen LogP contribution in [0.5, 0.6) is 0 Å². The standard InChI is InChI=1S/C18H19ClN6O/c1-10(18(26)24-12-3-2-4-12)23-16-9-20-8-15(25-16)14-7-22-17-13(14)5-11(19)6-21-17/h5-10,12H,2-4H2,1H3,(H,21,22)(H,23,25)(H,24,26)/t10-/m1/s1. The quantitative estimate of drug-likeness (QED) is 0.641. The van der Waals surface area contributed by atoms with Crippen molar-refractivity contribution in [3.05, 3.63) is 35.9 Å². The second kappa shape index (κ2) is 6.92. The van der Waals surface area contributed by atoms with E-state index in [-0.39, 0.29) is 11.9 Å². The molecule has 0 radical (unpaired) electrons. The van der Waals surface area contributed by atoms with Gasteiger partial charge in [-0.2, -0.15) is 0 Å². The van der Waals surface area contributed by atoms with Crippen LogP contribution in [0.2, 0.25) is 5.02 Å². The van der Waals surface area contributed by atoms with E-state index < -0.39 is 0 Å². The summed E-state index contributed by atoms with van der Waals surface area (Å²) in [6, 6.07) is 1.76. The average molecular weight is 371 g/mol. The molecule has 26 heavy (non-hydrogen) atoms. The number of halogens is 1. The summed E-state index contributed by atoms with van der Waals surface area (Å²) in [6.07, 6.45) is 10.0. The highest BCUT2D eigenvalue weighted by Gasteiger charge is 2.22. The third kappa shape index (κ3) is 3.35. The van der Waals surface area contributed by atoms with E-state index >= 15 is 0 Å². The minimum absolute atomic E-state index is 0.0232. The lowest BCUT2D eigenvalue weighted by molar-refractivity contribution is -0.122. The van der Waals surface area contributed by atoms with Crippen molar-refractivity contribution in [2.24, 2.45) is 0 Å². The molecule has 3 aromatic heterocycles. The Labute approximate surface area is 155 Å². The smallest absolute Gasteiger partial charge is 0.242 e. The molecule has 1 amide bonds. The largest absolute Gasteiger partial charge is 0.357 e. The molecule has 1 aliphatic carbocycles. The lowest BCUT2D eigenvalue weighted by Gasteiger charge is -2.28. The van der Waals surface area contributed by atoms with E-state index in [4.69, 9.17) is 11.6 Å². The number of H-pyrrole nitrogens is 1. The van der Waals surface area contributed by atoms with Gasteiger partial charge in [-0.05, 0) is 32.3 Å². The predicted octanol–water partition coefficient (Wildman–Crippen LogP) is 3.14. The van der Waals surface area contributed by atoms with Crippen LogP contribution >= 0.6 is 11.6 Å². The first-order valence-electron chi connectivity index (χ1n) is 8.62. The van der Waals surface area contributed by atoms with E-state index in [1.807, 2.05) is 19.2 Å². The molecule has 0 unspecified atom stereocenters. The number of aromatic nitrogens is 4. The lowest BCUT2D eigenvalue weighted by atomic mass is 9.93. The van der Waals surface area contributed by atoms with Gasteiger partial charge < -0.3 is 15.6 Å². The Bertz CT molecular complexity index is 952. The summed E-state index contributed by atoms with van der Waals surface area (Å²) in [6.45, 7) is 1.82. The number of carbonyl (C=O) groups excluding carboxylic acids is 1. The minimum atomic E-state index is -0.390. The summed E-state index contributed by atoms with van der Waals surface area (Å²) in [4.78, 5) is 28.4. The summed E-state index contributed by atoms with van der Waals surface area (Å²) in [7, 11) is 0. The minimum Gasteiger partial charge on any atom is -0.357 e. The Kier molecular flexibility index (Phi) is 4.46. The van der Waals surface area contributed by atoms with Gasteiger partial charge in [-0.3, -0.25) is 9.78 Å². The summed E-state index contributed by atoms with van der Waals surface area (Å²) >= 11 is 6.06. The molecular formula is C18H19ClN6O. The SMILES string of the molecule is C[C@@H](Nc1cncc(-c2c[nH]c3ncc(Cl)cc23)n1)C(=O)NC1CCC1. The first-order valence-corrected chi connectivity index (χ1v) is 9.00. The van der Waals surface area contributed by atoms with Crippen molar-refractivity contribution in [2.45, 2.75) is 38.3 Å². The maximum atomic E-state index is 12.2. The van der Waals surface area contributed by atoms with Gasteiger partial charge in [0.05, 0.1) is 23.1 Å². The van der Waals surface area contributed by atoms with Crippen LogP contribution in [0, 0.1) is 0 Å². The number of nitrogens with zero attached hydrogens (tertiary/aromatic N) is 3. The molecule has 1 saturated carbocycles. The van der Waals surface area contributed by atoms with E-state index in [9.17, 15) is 4.79 Å². The third-order valence-corrected chi connectivity index (χ3v) is 4.82. The maximum Gasteiger partial charge on any atom is 0.242 e. The van der Waals surface area contributed by atoms with Crippen molar-refractivity contribution in [1.29, 1.82) is 0 Å². The molecule has 1 aliphatic rings. The van der Waals surface area contributed by atoms with Gasteiger partial charge in [-0.25, -0.2) is 9.97 Å². The number of carbonyl (C=O) groups is 1. The van der Waals surface area contributed by atoms with Crippen LogP contribution < -0.4 is 10.6 Å². The number of hydrogen-bond donors (Lipinski definition) is 3. The van der Waals surface area contributed by atoms with E-state index in [0.29, 0.717) is 22.6 Å². The Hall–Kier alpha value is -2.67. The fraction of sp³-hybridized carbons (Fsp3) is 0.333. The van der Waals surface area contributed by atoms with Gasteiger partial charge in [0.25, 0.3) is 0 Å². The predicted molar refractivity (Wildman–Crippen MR) is 101 cm³/mol. The van der Waals surface area contributed by atoms with Crippen LogP contribution in [0.1, 0.15) is 26.2 Å². The fourth-order valence-electron chi connectivity index (χ4n) is 2.92. The molecule has 7 nitrogen and oxygen atoms in total. The van der Waals surface area contributed by atoms with Crippen LogP contribution in [0.25, 0.3) is 22.3 Å². The molecule has 3 aromatic rings. The molecule has 3 heterocycles. The average Bonchev–Trinajstić information content (AvgIpc) is 3.01. The molecule has 134 valence electrons. The molecule has 1 fully saturated rings. The number of anilines is 1. The monoisotopic (exact) mass is 370 g/mol. The zero-order valence-electron chi connectivity index (χ0n) is 14.3. The molecule has 8 heteroatoms. The third-order valence-electron chi connectivity index (χ3n) is 4.62. The molecule has 3 N–H and O–H groups in total. The van der Waals surface area contributed by atoms with Gasteiger partial charge in [0.15, 0.2) is 0 Å². The van der Waals surface area contributed by atoms with Crippen molar-refractivity contribution in [3.63, 3.8) is 0 Å². The van der Waals surface area contributed by atoms with E-state index in [1.165, 1.54) is 6.42 Å². The number of hydrogen-bond acceptors (Lipinski definition) is 5. The van der Waals surface area contributed by atoms with E-state index in [1.54, 1.807) is 18.6 Å². The highest BCUT2D eigenvalue weighted by atomic mass is 35.5. The number of rotatable bonds is 5. The molecule has 0 saturated heterocycles. The number of amides is 1. The summed E-state index contributed by atoms with van der Waals surface area (Å²) < 4.78 is 0. The van der Waals surface area contributed by atoms with Crippen molar-refractivity contribution in [3.8, 4) is 11.3 Å². The summed E-state index contributed by atoms with van der Waals surface area (Å²) in [5, 5.41) is 7.58. The van der Waals surface area contributed by atoms with Crippen molar-refractivity contribution < 1.29 is 4.79 Å². The highest BCUT2D eigenvalue weighted by Crippen LogP contribution is 2.28. The molecule has 0 aliphatic heterocycles. The Morgan fingerprint density at radius 1 is 1.35 bits per heavy atom. The Morgan fingerprint density at radius 3 is 2.96 bits per heavy atom. The normalized spacial score (nSPS) is 15.5. The second-order valence-corrected chi connectivity index (χ2v) is 6.98. The van der Waals surface area contributed by atoms with Gasteiger partial charge in [0.1, 0.15) is 17.5 Å². The molecular weight excluding hydrogens is 352 g/mol.